The quantitative estimate of drug-likeness (QED) is 0.625. The lowest BCUT2D eigenvalue weighted by Gasteiger charge is -2.06. The van der Waals surface area contributed by atoms with Crippen LogP contribution in [0.15, 0.2) is 53.6 Å². The van der Waals surface area contributed by atoms with Gasteiger partial charge in [0.05, 0.1) is 5.71 Å². The number of hydrogen-bond acceptors (Lipinski definition) is 3. The molecule has 0 aromatic heterocycles. The fraction of sp³-hybridized carbons (Fsp3) is 0.250. The first kappa shape index (κ1) is 18.4. The van der Waals surface area contributed by atoms with Crippen LogP contribution in [0.2, 0.25) is 0 Å². The third kappa shape index (κ3) is 6.22. The van der Waals surface area contributed by atoms with E-state index < -0.39 is 0 Å². The van der Waals surface area contributed by atoms with Crippen LogP contribution in [0.25, 0.3) is 0 Å². The number of anilines is 1. The van der Waals surface area contributed by atoms with E-state index >= 15 is 0 Å². The number of nitrogens with zero attached hydrogens (tertiary/aromatic N) is 1. The van der Waals surface area contributed by atoms with Gasteiger partial charge in [-0.3, -0.25) is 9.59 Å². The molecule has 0 atom stereocenters. The van der Waals surface area contributed by atoms with Gasteiger partial charge in [-0.2, -0.15) is 5.10 Å². The Morgan fingerprint density at radius 3 is 2.28 bits per heavy atom. The molecule has 0 bridgehead atoms. The first-order valence-corrected chi connectivity index (χ1v) is 8.21. The van der Waals surface area contributed by atoms with Crippen LogP contribution in [-0.4, -0.2) is 17.5 Å². The van der Waals surface area contributed by atoms with Crippen LogP contribution in [0.5, 0.6) is 0 Å². The van der Waals surface area contributed by atoms with Crippen molar-refractivity contribution in [2.75, 3.05) is 5.32 Å². The molecule has 2 N–H and O–H groups in total. The Bertz CT molecular complexity index is 780. The van der Waals surface area contributed by atoms with Crippen LogP contribution in [0.4, 0.5) is 5.69 Å². The highest BCUT2D eigenvalue weighted by Gasteiger charge is 2.07. The molecule has 0 heterocycles. The van der Waals surface area contributed by atoms with Crippen LogP contribution in [0.3, 0.4) is 0 Å². The number of aryl methyl sites for hydroxylation is 2. The second kappa shape index (κ2) is 8.78. The Hall–Kier alpha value is -2.95. The van der Waals surface area contributed by atoms with E-state index in [1.54, 1.807) is 0 Å². The zero-order valence-electron chi connectivity index (χ0n) is 14.8. The van der Waals surface area contributed by atoms with Crippen LogP contribution < -0.4 is 10.7 Å². The summed E-state index contributed by atoms with van der Waals surface area (Å²) < 4.78 is 0. The normalized spacial score (nSPS) is 11.1. The lowest BCUT2D eigenvalue weighted by Crippen LogP contribution is -2.21. The fourth-order valence-electron chi connectivity index (χ4n) is 2.23. The Kier molecular flexibility index (Phi) is 6.46. The maximum Gasteiger partial charge on any atom is 0.240 e. The Labute approximate surface area is 148 Å². The number of benzene rings is 2. The van der Waals surface area contributed by atoms with E-state index in [-0.39, 0.29) is 24.7 Å². The molecular formula is C20H23N3O2. The minimum Gasteiger partial charge on any atom is -0.326 e. The summed E-state index contributed by atoms with van der Waals surface area (Å²) in [5, 5.41) is 6.86. The molecule has 0 radical (unpaired) electrons. The lowest BCUT2D eigenvalue weighted by molar-refractivity contribution is -0.124. The number of carbonyl (C=O) groups excluding carboxylic acids is 2. The SMILES string of the molecule is C/C(=N/NC(=O)CCC(=O)Nc1cccc(C)c1)c1ccc(C)cc1. The molecule has 130 valence electrons. The second-order valence-corrected chi connectivity index (χ2v) is 6.02. The molecule has 0 aliphatic rings. The lowest BCUT2D eigenvalue weighted by atomic mass is 10.1. The second-order valence-electron chi connectivity index (χ2n) is 6.02. The van der Waals surface area contributed by atoms with E-state index in [4.69, 9.17) is 0 Å². The molecule has 2 rings (SSSR count). The molecule has 0 aliphatic heterocycles. The van der Waals surface area contributed by atoms with Crippen LogP contribution in [-0.2, 0) is 9.59 Å². The van der Waals surface area contributed by atoms with Crippen molar-refractivity contribution in [1.82, 2.24) is 5.43 Å². The molecule has 0 saturated carbocycles. The van der Waals surface area contributed by atoms with Crippen LogP contribution in [0.1, 0.15) is 36.5 Å². The van der Waals surface area contributed by atoms with Gasteiger partial charge in [-0.25, -0.2) is 5.43 Å². The highest BCUT2D eigenvalue weighted by atomic mass is 16.2. The van der Waals surface area contributed by atoms with Crippen LogP contribution >= 0.6 is 0 Å². The number of rotatable bonds is 6. The van der Waals surface area contributed by atoms with Gasteiger partial charge in [0.2, 0.25) is 11.8 Å². The maximum absolute atomic E-state index is 11.9. The molecule has 2 aromatic carbocycles. The standard InChI is InChI=1S/C20H23N3O2/c1-14-7-9-17(10-8-14)16(3)22-23-20(25)12-11-19(24)21-18-6-4-5-15(2)13-18/h4-10,13H,11-12H2,1-3H3,(H,21,24)(H,23,25)/b22-16-. The Balaban J connectivity index is 1.79. The van der Waals surface area contributed by atoms with E-state index in [9.17, 15) is 9.59 Å². The molecule has 5 nitrogen and oxygen atoms in total. The summed E-state index contributed by atoms with van der Waals surface area (Å²) in [5.41, 5.74) is 7.13. The van der Waals surface area contributed by atoms with Crippen molar-refractivity contribution >= 4 is 23.2 Å². The van der Waals surface area contributed by atoms with Gasteiger partial charge < -0.3 is 5.32 Å². The van der Waals surface area contributed by atoms with E-state index in [1.807, 2.05) is 69.3 Å². The first-order chi connectivity index (χ1) is 11.9. The van der Waals surface area contributed by atoms with Gasteiger partial charge in [-0.15, -0.1) is 0 Å². The largest absolute Gasteiger partial charge is 0.326 e. The number of amides is 2. The topological polar surface area (TPSA) is 70.6 Å². The molecule has 0 fully saturated rings. The van der Waals surface area contributed by atoms with Crippen molar-refractivity contribution < 1.29 is 9.59 Å². The Morgan fingerprint density at radius 2 is 1.60 bits per heavy atom. The molecule has 0 saturated heterocycles. The first-order valence-electron chi connectivity index (χ1n) is 8.21. The maximum atomic E-state index is 11.9. The predicted molar refractivity (Wildman–Crippen MR) is 101 cm³/mol. The molecule has 25 heavy (non-hydrogen) atoms. The van der Waals surface area contributed by atoms with Crippen molar-refractivity contribution in [3.8, 4) is 0 Å². The zero-order valence-corrected chi connectivity index (χ0v) is 14.8. The summed E-state index contributed by atoms with van der Waals surface area (Å²) in [4.78, 5) is 23.7. The average molecular weight is 337 g/mol. The van der Waals surface area contributed by atoms with Crippen molar-refractivity contribution in [3.63, 3.8) is 0 Å². The number of carbonyl (C=O) groups is 2. The summed E-state index contributed by atoms with van der Waals surface area (Å²) in [6.07, 6.45) is 0.196. The summed E-state index contributed by atoms with van der Waals surface area (Å²) in [5.74, 6) is -0.481. The van der Waals surface area contributed by atoms with Crippen molar-refractivity contribution in [3.05, 3.63) is 65.2 Å². The summed E-state index contributed by atoms with van der Waals surface area (Å²) in [7, 11) is 0. The van der Waals surface area contributed by atoms with Crippen molar-refractivity contribution in [2.45, 2.75) is 33.6 Å². The highest BCUT2D eigenvalue weighted by Crippen LogP contribution is 2.10. The third-order valence-electron chi connectivity index (χ3n) is 3.70. The monoisotopic (exact) mass is 337 g/mol. The van der Waals surface area contributed by atoms with E-state index in [0.29, 0.717) is 0 Å². The van der Waals surface area contributed by atoms with E-state index in [1.165, 1.54) is 5.56 Å². The van der Waals surface area contributed by atoms with Crippen molar-refractivity contribution in [2.24, 2.45) is 5.10 Å². The predicted octanol–water partition coefficient (Wildman–Crippen LogP) is 3.56. The molecule has 5 heteroatoms. The molecule has 0 unspecified atom stereocenters. The number of nitrogens with one attached hydrogen (secondary N) is 2. The van der Waals surface area contributed by atoms with Crippen LogP contribution in [0, 0.1) is 13.8 Å². The smallest absolute Gasteiger partial charge is 0.240 e. The van der Waals surface area contributed by atoms with Gasteiger partial charge in [-0.05, 0) is 44.0 Å². The number of hydrazone groups is 1. The Morgan fingerprint density at radius 1 is 0.920 bits per heavy atom. The average Bonchev–Trinajstić information content (AvgIpc) is 2.58. The molecule has 2 amide bonds. The summed E-state index contributed by atoms with van der Waals surface area (Å²) in [6, 6.07) is 15.4. The third-order valence-corrected chi connectivity index (χ3v) is 3.70. The minimum atomic E-state index is -0.286. The fourth-order valence-corrected chi connectivity index (χ4v) is 2.23. The van der Waals surface area contributed by atoms with Gasteiger partial charge in [0.1, 0.15) is 0 Å². The van der Waals surface area contributed by atoms with E-state index in [2.05, 4.69) is 15.8 Å². The molecule has 0 spiro atoms. The van der Waals surface area contributed by atoms with Gasteiger partial charge in [0.15, 0.2) is 0 Å². The zero-order chi connectivity index (χ0) is 18.2. The van der Waals surface area contributed by atoms with Gasteiger partial charge in [-0.1, -0.05) is 42.0 Å². The molecule has 0 aliphatic carbocycles. The number of hydrogen-bond donors (Lipinski definition) is 2. The van der Waals surface area contributed by atoms with E-state index in [0.717, 1.165) is 22.5 Å². The molecule has 2 aromatic rings. The highest BCUT2D eigenvalue weighted by molar-refractivity contribution is 5.99. The summed E-state index contributed by atoms with van der Waals surface area (Å²) in [6.45, 7) is 5.80. The van der Waals surface area contributed by atoms with Crippen molar-refractivity contribution in [1.29, 1.82) is 0 Å². The molecular weight excluding hydrogens is 314 g/mol. The van der Waals surface area contributed by atoms with Gasteiger partial charge in [0.25, 0.3) is 0 Å². The summed E-state index contributed by atoms with van der Waals surface area (Å²) >= 11 is 0. The van der Waals surface area contributed by atoms with Gasteiger partial charge in [0, 0.05) is 18.5 Å². The van der Waals surface area contributed by atoms with Gasteiger partial charge >= 0.3 is 0 Å². The minimum absolute atomic E-state index is 0.0856.